The van der Waals surface area contributed by atoms with Crippen molar-refractivity contribution in [2.45, 2.75) is 32.2 Å². The van der Waals surface area contributed by atoms with Gasteiger partial charge in [-0.1, -0.05) is 18.5 Å². The van der Waals surface area contributed by atoms with Crippen molar-refractivity contribution in [2.75, 3.05) is 33.3 Å². The number of piperidine rings is 1. The van der Waals surface area contributed by atoms with Crippen LogP contribution in [0, 0.1) is 0 Å². The summed E-state index contributed by atoms with van der Waals surface area (Å²) >= 11 is 6.44. The average Bonchev–Trinajstić information content (AvgIpc) is 3.28. The van der Waals surface area contributed by atoms with Crippen LogP contribution in [-0.2, 0) is 4.79 Å². The number of rotatable bonds is 8. The molecule has 7 nitrogen and oxygen atoms in total. The summed E-state index contributed by atoms with van der Waals surface area (Å²) in [7, 11) is 1.54. The second kappa shape index (κ2) is 10.5. The van der Waals surface area contributed by atoms with Crippen molar-refractivity contribution in [3.8, 4) is 11.4 Å². The third-order valence-electron chi connectivity index (χ3n) is 5.26. The number of nitrogens with one attached hydrogen (secondary N) is 2. The molecule has 1 aromatic heterocycles. The van der Waals surface area contributed by atoms with Gasteiger partial charge in [0.25, 0.3) is 5.91 Å². The number of nitrogens with zero attached hydrogens (tertiary/aromatic N) is 2. The molecule has 0 radical (unpaired) electrons. The molecule has 1 saturated heterocycles. The molecule has 0 saturated carbocycles. The monoisotopic (exact) mass is 432 g/mol. The summed E-state index contributed by atoms with van der Waals surface area (Å²) in [5.41, 5.74) is 1.17. The molecule has 0 aliphatic carbocycles. The Kier molecular flexibility index (Phi) is 7.76. The van der Waals surface area contributed by atoms with Gasteiger partial charge < -0.3 is 19.9 Å². The summed E-state index contributed by atoms with van der Waals surface area (Å²) in [4.78, 5) is 26.9. The molecule has 0 spiro atoms. The van der Waals surface area contributed by atoms with Crippen LogP contribution in [0.4, 0.5) is 0 Å². The fourth-order valence-electron chi connectivity index (χ4n) is 3.60. The molecule has 1 aromatic carbocycles. The highest BCUT2D eigenvalue weighted by Crippen LogP contribution is 2.30. The molecule has 1 fully saturated rings. The Morgan fingerprint density at radius 2 is 1.90 bits per heavy atom. The van der Waals surface area contributed by atoms with Crippen LogP contribution >= 0.6 is 11.6 Å². The number of hydrogen-bond acceptors (Lipinski definition) is 4. The maximum atomic E-state index is 12.9. The molecule has 2 amide bonds. The van der Waals surface area contributed by atoms with Crippen LogP contribution in [0.1, 0.15) is 36.5 Å². The lowest BCUT2D eigenvalue weighted by Crippen LogP contribution is -2.47. The van der Waals surface area contributed by atoms with Gasteiger partial charge in [-0.05, 0) is 37.5 Å². The van der Waals surface area contributed by atoms with Gasteiger partial charge in [0.2, 0.25) is 5.91 Å². The van der Waals surface area contributed by atoms with Crippen LogP contribution < -0.4 is 15.4 Å². The Morgan fingerprint density at radius 1 is 1.20 bits per heavy atom. The Hall–Kier alpha value is -2.51. The lowest BCUT2D eigenvalue weighted by molar-refractivity contribution is -0.122. The first-order chi connectivity index (χ1) is 14.5. The maximum absolute atomic E-state index is 12.9. The van der Waals surface area contributed by atoms with Gasteiger partial charge in [-0.3, -0.25) is 14.5 Å². The molecule has 8 heteroatoms. The third-order valence-corrected chi connectivity index (χ3v) is 5.56. The quantitative estimate of drug-likeness (QED) is 0.672. The zero-order valence-corrected chi connectivity index (χ0v) is 18.2. The van der Waals surface area contributed by atoms with Gasteiger partial charge in [0.05, 0.1) is 29.9 Å². The summed E-state index contributed by atoms with van der Waals surface area (Å²) < 4.78 is 7.33. The number of amides is 2. The minimum absolute atomic E-state index is 0.0556. The van der Waals surface area contributed by atoms with Crippen molar-refractivity contribution < 1.29 is 14.3 Å². The molecular formula is C22H29ClN4O3. The molecule has 2 aromatic rings. The van der Waals surface area contributed by atoms with Crippen LogP contribution in [0.3, 0.4) is 0 Å². The topological polar surface area (TPSA) is 75.6 Å². The van der Waals surface area contributed by atoms with E-state index >= 15 is 0 Å². The minimum Gasteiger partial charge on any atom is -0.496 e. The maximum Gasteiger partial charge on any atom is 0.255 e. The number of carbonyl (C=O) groups excluding carboxylic acids is 2. The molecule has 2 heterocycles. The summed E-state index contributed by atoms with van der Waals surface area (Å²) in [6.07, 6.45) is 6.29. The molecule has 0 atom stereocenters. The number of carbonyl (C=O) groups is 2. The average molecular weight is 433 g/mol. The predicted octanol–water partition coefficient (Wildman–Crippen LogP) is 2.86. The van der Waals surface area contributed by atoms with Crippen molar-refractivity contribution >= 4 is 23.4 Å². The second-order valence-corrected chi connectivity index (χ2v) is 7.88. The van der Waals surface area contributed by atoms with Crippen LogP contribution in [-0.4, -0.2) is 60.6 Å². The molecule has 2 N–H and O–H groups in total. The van der Waals surface area contributed by atoms with E-state index in [0.717, 1.165) is 38.0 Å². The highest BCUT2D eigenvalue weighted by atomic mass is 35.5. The molecule has 0 bridgehead atoms. The predicted molar refractivity (Wildman–Crippen MR) is 118 cm³/mol. The largest absolute Gasteiger partial charge is 0.496 e. The molecule has 0 unspecified atom stereocenters. The van der Waals surface area contributed by atoms with E-state index in [0.29, 0.717) is 29.4 Å². The smallest absolute Gasteiger partial charge is 0.255 e. The molecule has 30 heavy (non-hydrogen) atoms. The highest BCUT2D eigenvalue weighted by molar-refractivity contribution is 6.33. The van der Waals surface area contributed by atoms with Crippen LogP contribution in [0.15, 0.2) is 36.7 Å². The first-order valence-electron chi connectivity index (χ1n) is 10.3. The lowest BCUT2D eigenvalue weighted by Gasteiger charge is -2.32. The van der Waals surface area contributed by atoms with Crippen LogP contribution in [0.25, 0.3) is 5.69 Å². The second-order valence-electron chi connectivity index (χ2n) is 7.47. The minimum atomic E-state index is -0.202. The van der Waals surface area contributed by atoms with Crippen LogP contribution in [0.5, 0.6) is 5.75 Å². The number of benzene rings is 1. The SMILES string of the molecule is CCCNC(=O)CN1CCC(NC(=O)c2cc(Cl)c(-n3cccc3)cc2OC)CC1. The number of methoxy groups -OCH3 is 1. The zero-order valence-electron chi connectivity index (χ0n) is 17.5. The van der Waals surface area contributed by atoms with Gasteiger partial charge in [-0.2, -0.15) is 0 Å². The molecular weight excluding hydrogens is 404 g/mol. The van der Waals surface area contributed by atoms with Crippen molar-refractivity contribution in [3.63, 3.8) is 0 Å². The van der Waals surface area contributed by atoms with Crippen molar-refractivity contribution in [1.29, 1.82) is 0 Å². The summed E-state index contributed by atoms with van der Waals surface area (Å²) in [5.74, 6) is 0.332. The number of ether oxygens (including phenoxy) is 1. The third kappa shape index (κ3) is 5.55. The zero-order chi connectivity index (χ0) is 21.5. The van der Waals surface area contributed by atoms with Crippen molar-refractivity contribution in [3.05, 3.63) is 47.2 Å². The Balaban J connectivity index is 1.59. The van der Waals surface area contributed by atoms with Crippen LogP contribution in [0.2, 0.25) is 5.02 Å². The van der Waals surface area contributed by atoms with E-state index < -0.39 is 0 Å². The molecule has 3 rings (SSSR count). The summed E-state index contributed by atoms with van der Waals surface area (Å²) in [6.45, 7) is 4.69. The number of halogens is 1. The van der Waals surface area contributed by atoms with Gasteiger partial charge in [0.15, 0.2) is 0 Å². The number of likely N-dealkylation sites (tertiary alicyclic amines) is 1. The molecule has 1 aliphatic heterocycles. The van der Waals surface area contributed by atoms with Gasteiger partial charge in [0.1, 0.15) is 5.75 Å². The first-order valence-corrected chi connectivity index (χ1v) is 10.7. The van der Waals surface area contributed by atoms with Crippen molar-refractivity contribution in [2.24, 2.45) is 0 Å². The van der Waals surface area contributed by atoms with Gasteiger partial charge >= 0.3 is 0 Å². The fourth-order valence-corrected chi connectivity index (χ4v) is 3.87. The van der Waals surface area contributed by atoms with E-state index in [4.69, 9.17) is 16.3 Å². The molecule has 1 aliphatic rings. The molecule has 162 valence electrons. The lowest BCUT2D eigenvalue weighted by atomic mass is 10.0. The van der Waals surface area contributed by atoms with E-state index in [1.807, 2.05) is 36.0 Å². The van der Waals surface area contributed by atoms with E-state index in [9.17, 15) is 9.59 Å². The van der Waals surface area contributed by atoms with Crippen molar-refractivity contribution in [1.82, 2.24) is 20.1 Å². The van der Waals surface area contributed by atoms with E-state index in [1.165, 1.54) is 0 Å². The number of aromatic nitrogens is 1. The number of hydrogen-bond donors (Lipinski definition) is 2. The van der Waals surface area contributed by atoms with Gasteiger partial charge in [-0.15, -0.1) is 0 Å². The Morgan fingerprint density at radius 3 is 2.53 bits per heavy atom. The van der Waals surface area contributed by atoms with E-state index in [2.05, 4.69) is 15.5 Å². The van der Waals surface area contributed by atoms with E-state index in [1.54, 1.807) is 19.2 Å². The fraction of sp³-hybridized carbons (Fsp3) is 0.455. The highest BCUT2D eigenvalue weighted by Gasteiger charge is 2.24. The van der Waals surface area contributed by atoms with Gasteiger partial charge in [0, 0.05) is 44.1 Å². The van der Waals surface area contributed by atoms with Gasteiger partial charge in [-0.25, -0.2) is 0 Å². The first kappa shape index (κ1) is 22.2. The Bertz CT molecular complexity index is 862. The normalized spacial score (nSPS) is 15.0. The summed E-state index contributed by atoms with van der Waals surface area (Å²) in [5, 5.41) is 6.46. The Labute approximate surface area is 182 Å². The van der Waals surface area contributed by atoms with E-state index in [-0.39, 0.29) is 17.9 Å². The standard InChI is InChI=1S/C22H29ClN4O3/c1-3-8-24-21(28)15-26-11-6-16(7-12-26)25-22(29)17-13-18(23)19(14-20(17)30-2)27-9-4-5-10-27/h4-5,9-10,13-14,16H,3,6-8,11-12,15H2,1-2H3,(H,24,28)(H,25,29). The summed E-state index contributed by atoms with van der Waals surface area (Å²) in [6, 6.07) is 7.29.